The van der Waals surface area contributed by atoms with E-state index in [2.05, 4.69) is 29.3 Å². The molecule has 1 heterocycles. The summed E-state index contributed by atoms with van der Waals surface area (Å²) in [5.41, 5.74) is 0. The average Bonchev–Trinajstić information content (AvgIpc) is 2.94. The molecule has 0 radical (unpaired) electrons. The molecule has 0 amide bonds. The van der Waals surface area contributed by atoms with Gasteiger partial charge in [-0.05, 0) is 45.8 Å². The van der Waals surface area contributed by atoms with Crippen molar-refractivity contribution in [3.8, 4) is 0 Å². The normalized spacial score (nSPS) is 25.8. The molecule has 1 saturated carbocycles. The molecule has 1 N–H and O–H groups in total. The molecule has 0 spiro atoms. The number of hydrogen-bond donors (Lipinski definition) is 1. The molecule has 2 aliphatic rings. The lowest BCUT2D eigenvalue weighted by molar-refractivity contribution is 0.400. The Morgan fingerprint density at radius 2 is 2.27 bits per heavy atom. The molecule has 4 heteroatoms. The first kappa shape index (κ1) is 11.3. The first-order chi connectivity index (χ1) is 7.25. The summed E-state index contributed by atoms with van der Waals surface area (Å²) in [6.45, 7) is 3.25. The molecule has 3 nitrogen and oxygen atoms in total. The largest absolute Gasteiger partial charge is 0.365 e. The second-order valence-corrected chi connectivity index (χ2v) is 5.95. The second kappa shape index (κ2) is 5.21. The highest BCUT2D eigenvalue weighted by molar-refractivity contribution is 8.14. The fraction of sp³-hybridized carbons (Fsp3) is 0.909. The summed E-state index contributed by atoms with van der Waals surface area (Å²) < 4.78 is 0. The second-order valence-electron chi connectivity index (χ2n) is 4.72. The van der Waals surface area contributed by atoms with E-state index in [1.54, 1.807) is 0 Å². The van der Waals surface area contributed by atoms with Crippen molar-refractivity contribution >= 4 is 16.9 Å². The van der Waals surface area contributed by atoms with Gasteiger partial charge in [0.2, 0.25) is 0 Å². The molecule has 0 saturated heterocycles. The first-order valence-corrected chi connectivity index (χ1v) is 6.73. The monoisotopic (exact) mass is 227 g/mol. The maximum absolute atomic E-state index is 4.55. The van der Waals surface area contributed by atoms with E-state index >= 15 is 0 Å². The number of thioether (sulfide) groups is 1. The average molecular weight is 227 g/mol. The van der Waals surface area contributed by atoms with E-state index < -0.39 is 0 Å². The Morgan fingerprint density at radius 1 is 1.47 bits per heavy atom. The van der Waals surface area contributed by atoms with Crippen molar-refractivity contribution in [2.45, 2.75) is 24.5 Å². The molecule has 1 fully saturated rings. The number of rotatable bonds is 5. The van der Waals surface area contributed by atoms with Crippen LogP contribution in [0.3, 0.4) is 0 Å². The van der Waals surface area contributed by atoms with E-state index in [-0.39, 0.29) is 0 Å². The topological polar surface area (TPSA) is 27.6 Å². The zero-order valence-corrected chi connectivity index (χ0v) is 10.5. The third kappa shape index (κ3) is 3.68. The summed E-state index contributed by atoms with van der Waals surface area (Å²) in [5, 5.41) is 5.41. The van der Waals surface area contributed by atoms with Crippen molar-refractivity contribution in [2.75, 3.05) is 33.7 Å². The van der Waals surface area contributed by atoms with Gasteiger partial charge in [-0.1, -0.05) is 11.8 Å². The van der Waals surface area contributed by atoms with Gasteiger partial charge in [0.15, 0.2) is 5.17 Å². The van der Waals surface area contributed by atoms with E-state index in [9.17, 15) is 0 Å². The molecule has 15 heavy (non-hydrogen) atoms. The molecule has 0 bridgehead atoms. The Balaban J connectivity index is 1.56. The fourth-order valence-electron chi connectivity index (χ4n) is 1.79. The van der Waals surface area contributed by atoms with Gasteiger partial charge in [0.1, 0.15) is 0 Å². The van der Waals surface area contributed by atoms with E-state index in [0.29, 0.717) is 0 Å². The Bertz CT molecular complexity index is 236. The van der Waals surface area contributed by atoms with Crippen molar-refractivity contribution in [2.24, 2.45) is 10.9 Å². The molecule has 0 aromatic heterocycles. The predicted molar refractivity (Wildman–Crippen MR) is 67.6 cm³/mol. The van der Waals surface area contributed by atoms with Crippen molar-refractivity contribution in [3.63, 3.8) is 0 Å². The van der Waals surface area contributed by atoms with Gasteiger partial charge in [0.25, 0.3) is 0 Å². The number of nitrogens with one attached hydrogen (secondary N) is 1. The van der Waals surface area contributed by atoms with Crippen molar-refractivity contribution in [1.82, 2.24) is 10.2 Å². The Labute approximate surface area is 96.7 Å². The number of nitrogens with zero attached hydrogens (tertiary/aromatic N) is 2. The first-order valence-electron chi connectivity index (χ1n) is 5.85. The highest BCUT2D eigenvalue weighted by atomic mass is 32.2. The summed E-state index contributed by atoms with van der Waals surface area (Å²) in [6, 6.07) is 0. The zero-order valence-electron chi connectivity index (χ0n) is 9.70. The summed E-state index contributed by atoms with van der Waals surface area (Å²) in [7, 11) is 4.23. The lowest BCUT2D eigenvalue weighted by atomic mass is 10.3. The summed E-state index contributed by atoms with van der Waals surface area (Å²) in [5.74, 6) is 0.972. The predicted octanol–water partition coefficient (Wildman–Crippen LogP) is 1.41. The Morgan fingerprint density at radius 3 is 2.93 bits per heavy atom. The van der Waals surface area contributed by atoms with E-state index in [0.717, 1.165) is 30.8 Å². The van der Waals surface area contributed by atoms with Crippen molar-refractivity contribution in [1.29, 1.82) is 0 Å². The minimum atomic E-state index is 0.793. The van der Waals surface area contributed by atoms with Gasteiger partial charge in [0.05, 0.1) is 6.54 Å². The van der Waals surface area contributed by atoms with Crippen LogP contribution in [0.25, 0.3) is 0 Å². The molecule has 1 atom stereocenters. The molecule has 1 aliphatic heterocycles. The molecule has 0 aromatic rings. The molecule has 1 unspecified atom stereocenters. The van der Waals surface area contributed by atoms with Crippen LogP contribution in [-0.4, -0.2) is 49.0 Å². The van der Waals surface area contributed by atoms with Crippen molar-refractivity contribution in [3.05, 3.63) is 0 Å². The molecule has 1 aliphatic carbocycles. The minimum Gasteiger partial charge on any atom is -0.365 e. The van der Waals surface area contributed by atoms with Gasteiger partial charge in [-0.25, -0.2) is 0 Å². The van der Waals surface area contributed by atoms with Crippen LogP contribution in [0.1, 0.15) is 19.3 Å². The van der Waals surface area contributed by atoms with Crippen LogP contribution in [0.4, 0.5) is 0 Å². The van der Waals surface area contributed by atoms with Crippen molar-refractivity contribution < 1.29 is 0 Å². The third-order valence-corrected chi connectivity index (χ3v) is 4.22. The molecule has 0 aromatic carbocycles. The van der Waals surface area contributed by atoms with Crippen LogP contribution < -0.4 is 5.32 Å². The minimum absolute atomic E-state index is 0.793. The van der Waals surface area contributed by atoms with Crippen LogP contribution in [0.2, 0.25) is 0 Å². The smallest absolute Gasteiger partial charge is 0.156 e. The van der Waals surface area contributed by atoms with E-state index in [4.69, 9.17) is 0 Å². The molecule has 2 rings (SSSR count). The maximum Gasteiger partial charge on any atom is 0.156 e. The van der Waals surface area contributed by atoms with Crippen LogP contribution in [0, 0.1) is 5.92 Å². The zero-order chi connectivity index (χ0) is 10.7. The highest BCUT2D eigenvalue weighted by Crippen LogP contribution is 2.41. The Hall–Kier alpha value is -0.220. The molecule has 86 valence electrons. The van der Waals surface area contributed by atoms with Gasteiger partial charge in [-0.2, -0.15) is 0 Å². The quantitative estimate of drug-likeness (QED) is 0.720. The van der Waals surface area contributed by atoms with E-state index in [1.807, 2.05) is 11.8 Å². The Kier molecular flexibility index (Phi) is 3.92. The third-order valence-electron chi connectivity index (χ3n) is 2.88. The summed E-state index contributed by atoms with van der Waals surface area (Å²) >= 11 is 1.97. The molecular weight excluding hydrogens is 206 g/mol. The fourth-order valence-corrected chi connectivity index (χ4v) is 3.03. The van der Waals surface area contributed by atoms with Crippen LogP contribution in [0.5, 0.6) is 0 Å². The lowest BCUT2D eigenvalue weighted by Crippen LogP contribution is -2.24. The van der Waals surface area contributed by atoms with Crippen LogP contribution in [0.15, 0.2) is 4.99 Å². The number of aliphatic imine (C=N–C) groups is 1. The standard InChI is InChI=1S/C11H21N3S/c1-14(2)7-3-6-12-11-13-8-10(15-11)9-4-5-9/h9-10H,3-8H2,1-2H3,(H,12,13). The van der Waals surface area contributed by atoms with E-state index in [1.165, 1.54) is 24.4 Å². The van der Waals surface area contributed by atoms with Crippen LogP contribution >= 0.6 is 11.8 Å². The van der Waals surface area contributed by atoms with Crippen LogP contribution in [-0.2, 0) is 0 Å². The van der Waals surface area contributed by atoms with Gasteiger partial charge in [-0.15, -0.1) is 0 Å². The lowest BCUT2D eigenvalue weighted by Gasteiger charge is -2.10. The summed E-state index contributed by atoms with van der Waals surface area (Å²) in [6.07, 6.45) is 4.06. The van der Waals surface area contributed by atoms with Gasteiger partial charge < -0.3 is 10.2 Å². The van der Waals surface area contributed by atoms with Gasteiger partial charge >= 0.3 is 0 Å². The SMILES string of the molecule is CN(C)CCCNC1=NCC(C2CC2)S1. The number of hydrogen-bond acceptors (Lipinski definition) is 4. The van der Waals surface area contributed by atoms with Gasteiger partial charge in [-0.3, -0.25) is 4.99 Å². The number of amidine groups is 1. The maximum atomic E-state index is 4.55. The highest BCUT2D eigenvalue weighted by Gasteiger charge is 2.35. The molecular formula is C11H21N3S. The van der Waals surface area contributed by atoms with Gasteiger partial charge in [0, 0.05) is 11.8 Å². The summed E-state index contributed by atoms with van der Waals surface area (Å²) in [4.78, 5) is 6.77.